The molecule has 0 aliphatic carbocycles. The first-order chi connectivity index (χ1) is 9.87. The highest BCUT2D eigenvalue weighted by atomic mass is 32.2. The van der Waals surface area contributed by atoms with E-state index in [9.17, 15) is 4.79 Å². The quantitative estimate of drug-likeness (QED) is 0.769. The van der Waals surface area contributed by atoms with Crippen molar-refractivity contribution in [1.82, 2.24) is 4.90 Å². The molecule has 1 atom stereocenters. The first-order valence-electron chi connectivity index (χ1n) is 7.52. The zero-order valence-electron chi connectivity index (χ0n) is 13.4. The summed E-state index contributed by atoms with van der Waals surface area (Å²) in [5.74, 6) is 0.957. The highest BCUT2D eigenvalue weighted by Gasteiger charge is 2.26. The van der Waals surface area contributed by atoms with Gasteiger partial charge in [0.2, 0.25) is 0 Å². The molecule has 0 aromatic heterocycles. The van der Waals surface area contributed by atoms with Crippen molar-refractivity contribution in [3.63, 3.8) is 0 Å². The summed E-state index contributed by atoms with van der Waals surface area (Å²) in [4.78, 5) is 14.0. The molecule has 1 aliphatic heterocycles. The maximum Gasteiger partial charge on any atom is 0.410 e. The Hall–Kier alpha value is -1.16. The largest absolute Gasteiger partial charge is 0.444 e. The summed E-state index contributed by atoms with van der Waals surface area (Å²) < 4.78 is 5.48. The van der Waals surface area contributed by atoms with Crippen LogP contribution in [0.25, 0.3) is 0 Å². The summed E-state index contributed by atoms with van der Waals surface area (Å²) in [6, 6.07) is 8.54. The maximum atomic E-state index is 12.2. The van der Waals surface area contributed by atoms with Crippen LogP contribution in [0.4, 0.5) is 4.79 Å². The molecule has 0 radical (unpaired) electrons. The van der Waals surface area contributed by atoms with Crippen molar-refractivity contribution in [2.45, 2.75) is 45.0 Å². The number of nitrogens with zero attached hydrogens (tertiary/aromatic N) is 1. The lowest BCUT2D eigenvalue weighted by atomic mass is 10.0. The van der Waals surface area contributed by atoms with Crippen LogP contribution in [0.5, 0.6) is 0 Å². The number of rotatable bonds is 1. The Morgan fingerprint density at radius 3 is 2.67 bits per heavy atom. The van der Waals surface area contributed by atoms with E-state index in [1.165, 1.54) is 11.1 Å². The summed E-state index contributed by atoms with van der Waals surface area (Å²) in [5, 5.41) is 0.471. The third kappa shape index (κ3) is 4.67. The number of ether oxygens (including phenoxy) is 1. The summed E-state index contributed by atoms with van der Waals surface area (Å²) in [5.41, 5.74) is 2.31. The van der Waals surface area contributed by atoms with Gasteiger partial charge in [-0.15, -0.1) is 0 Å². The molecule has 4 heteroatoms. The third-order valence-electron chi connectivity index (χ3n) is 3.53. The van der Waals surface area contributed by atoms with E-state index in [-0.39, 0.29) is 6.09 Å². The van der Waals surface area contributed by atoms with Crippen LogP contribution in [-0.4, -0.2) is 35.4 Å². The molecular weight excluding hydrogens is 282 g/mol. The standard InChI is InChI=1S/C17H25NO2S/c1-13-7-5-6-8-14(13)15-9-10-18(11-12-21-15)16(19)20-17(2,3)4/h5-8,15H,9-12H2,1-4H3. The van der Waals surface area contributed by atoms with E-state index in [4.69, 9.17) is 4.74 Å². The number of aryl methyl sites for hydroxylation is 1. The van der Waals surface area contributed by atoms with Crippen LogP contribution in [0, 0.1) is 6.92 Å². The normalized spacial score (nSPS) is 20.0. The zero-order valence-corrected chi connectivity index (χ0v) is 14.2. The Kier molecular flexibility index (Phi) is 5.20. The van der Waals surface area contributed by atoms with Crippen LogP contribution in [-0.2, 0) is 4.74 Å². The fourth-order valence-corrected chi connectivity index (χ4v) is 3.80. The van der Waals surface area contributed by atoms with Crippen LogP contribution >= 0.6 is 11.8 Å². The second-order valence-electron chi connectivity index (χ2n) is 6.47. The van der Waals surface area contributed by atoms with Crippen molar-refractivity contribution in [3.05, 3.63) is 35.4 Å². The van der Waals surface area contributed by atoms with E-state index in [0.717, 1.165) is 25.3 Å². The molecule has 0 N–H and O–H groups in total. The average molecular weight is 307 g/mol. The van der Waals surface area contributed by atoms with Gasteiger partial charge in [0.1, 0.15) is 5.60 Å². The molecule has 1 amide bonds. The van der Waals surface area contributed by atoms with Crippen LogP contribution in [0.15, 0.2) is 24.3 Å². The van der Waals surface area contributed by atoms with E-state index in [2.05, 4.69) is 31.2 Å². The van der Waals surface area contributed by atoms with Gasteiger partial charge in [-0.1, -0.05) is 24.3 Å². The molecule has 3 nitrogen and oxygen atoms in total. The molecule has 0 saturated carbocycles. The summed E-state index contributed by atoms with van der Waals surface area (Å²) in [7, 11) is 0. The predicted octanol–water partition coefficient (Wildman–Crippen LogP) is 4.41. The van der Waals surface area contributed by atoms with Gasteiger partial charge in [-0.2, -0.15) is 11.8 Å². The van der Waals surface area contributed by atoms with Crippen molar-refractivity contribution in [1.29, 1.82) is 0 Å². The van der Waals surface area contributed by atoms with E-state index in [1.54, 1.807) is 0 Å². The first-order valence-corrected chi connectivity index (χ1v) is 8.57. The lowest BCUT2D eigenvalue weighted by Crippen LogP contribution is -2.38. The fraction of sp³-hybridized carbons (Fsp3) is 0.588. The molecule has 1 heterocycles. The van der Waals surface area contributed by atoms with Crippen LogP contribution in [0.2, 0.25) is 0 Å². The van der Waals surface area contributed by atoms with Crippen LogP contribution in [0.3, 0.4) is 0 Å². The fourth-order valence-electron chi connectivity index (χ4n) is 2.48. The Balaban J connectivity index is 1.99. The summed E-state index contributed by atoms with van der Waals surface area (Å²) >= 11 is 1.94. The monoisotopic (exact) mass is 307 g/mol. The van der Waals surface area contributed by atoms with E-state index < -0.39 is 5.60 Å². The molecule has 0 spiro atoms. The van der Waals surface area contributed by atoms with Gasteiger partial charge in [-0.05, 0) is 45.2 Å². The number of carbonyl (C=O) groups is 1. The van der Waals surface area contributed by atoms with Gasteiger partial charge >= 0.3 is 6.09 Å². The Bertz CT molecular complexity index is 496. The topological polar surface area (TPSA) is 29.5 Å². The van der Waals surface area contributed by atoms with Crippen molar-refractivity contribution in [3.8, 4) is 0 Å². The van der Waals surface area contributed by atoms with Gasteiger partial charge in [-0.3, -0.25) is 0 Å². The molecule has 2 rings (SSSR count). The number of thioether (sulfide) groups is 1. The Morgan fingerprint density at radius 2 is 2.00 bits per heavy atom. The first kappa shape index (κ1) is 16.2. The number of benzene rings is 1. The molecule has 1 aromatic rings. The molecule has 116 valence electrons. The minimum absolute atomic E-state index is 0.187. The molecule has 21 heavy (non-hydrogen) atoms. The third-order valence-corrected chi connectivity index (χ3v) is 4.84. The van der Waals surface area contributed by atoms with Crippen LogP contribution < -0.4 is 0 Å². The summed E-state index contributed by atoms with van der Waals surface area (Å²) in [6.07, 6.45) is 0.794. The molecular formula is C17H25NO2S. The van der Waals surface area contributed by atoms with Gasteiger partial charge in [-0.25, -0.2) is 4.79 Å². The van der Waals surface area contributed by atoms with Gasteiger partial charge in [0.25, 0.3) is 0 Å². The maximum absolute atomic E-state index is 12.2. The highest BCUT2D eigenvalue weighted by Crippen LogP contribution is 2.36. The number of amides is 1. The lowest BCUT2D eigenvalue weighted by Gasteiger charge is -2.26. The molecule has 0 bridgehead atoms. The van der Waals surface area contributed by atoms with Gasteiger partial charge in [0.15, 0.2) is 0 Å². The number of hydrogen-bond acceptors (Lipinski definition) is 3. The molecule has 1 saturated heterocycles. The van der Waals surface area contributed by atoms with Crippen molar-refractivity contribution in [2.75, 3.05) is 18.8 Å². The zero-order chi connectivity index (χ0) is 15.5. The number of carbonyl (C=O) groups excluding carboxylic acids is 1. The second-order valence-corrected chi connectivity index (χ2v) is 7.78. The van der Waals surface area contributed by atoms with E-state index in [1.807, 2.05) is 37.4 Å². The van der Waals surface area contributed by atoms with Crippen molar-refractivity contribution < 1.29 is 9.53 Å². The van der Waals surface area contributed by atoms with Gasteiger partial charge in [0, 0.05) is 24.1 Å². The average Bonchev–Trinajstić information content (AvgIpc) is 2.63. The van der Waals surface area contributed by atoms with E-state index in [0.29, 0.717) is 5.25 Å². The van der Waals surface area contributed by atoms with Crippen molar-refractivity contribution >= 4 is 17.9 Å². The predicted molar refractivity (Wildman–Crippen MR) is 88.8 cm³/mol. The minimum atomic E-state index is -0.425. The SMILES string of the molecule is Cc1ccccc1C1CCN(C(=O)OC(C)(C)C)CCS1. The van der Waals surface area contributed by atoms with Crippen molar-refractivity contribution in [2.24, 2.45) is 0 Å². The lowest BCUT2D eigenvalue weighted by molar-refractivity contribution is 0.0263. The number of hydrogen-bond donors (Lipinski definition) is 0. The second kappa shape index (κ2) is 6.73. The van der Waals surface area contributed by atoms with Gasteiger partial charge in [0.05, 0.1) is 0 Å². The molecule has 1 aromatic carbocycles. The Morgan fingerprint density at radius 1 is 1.29 bits per heavy atom. The molecule has 1 fully saturated rings. The highest BCUT2D eigenvalue weighted by molar-refractivity contribution is 7.99. The Labute approximate surface area is 132 Å². The molecule has 1 unspecified atom stereocenters. The smallest absolute Gasteiger partial charge is 0.410 e. The molecule has 1 aliphatic rings. The summed E-state index contributed by atoms with van der Waals surface area (Å²) in [6.45, 7) is 9.42. The van der Waals surface area contributed by atoms with Crippen LogP contribution in [0.1, 0.15) is 43.6 Å². The van der Waals surface area contributed by atoms with Gasteiger partial charge < -0.3 is 9.64 Å². The minimum Gasteiger partial charge on any atom is -0.444 e. The van der Waals surface area contributed by atoms with E-state index >= 15 is 0 Å².